The van der Waals surface area contributed by atoms with Crippen LogP contribution in [-0.2, 0) is 0 Å². The zero-order chi connectivity index (χ0) is 11.4. The van der Waals surface area contributed by atoms with Crippen molar-refractivity contribution in [3.05, 3.63) is 0 Å². The molecule has 0 aromatic carbocycles. The van der Waals surface area contributed by atoms with Crippen molar-refractivity contribution in [1.29, 1.82) is 0 Å². The highest BCUT2D eigenvalue weighted by atomic mass is 14.9. The van der Waals surface area contributed by atoms with Crippen LogP contribution >= 0.6 is 0 Å². The lowest BCUT2D eigenvalue weighted by molar-refractivity contribution is 0.272. The maximum atomic E-state index is 3.43. The molecule has 0 saturated heterocycles. The van der Waals surface area contributed by atoms with Crippen molar-refractivity contribution in [2.75, 3.05) is 7.05 Å². The van der Waals surface area contributed by atoms with E-state index in [0.29, 0.717) is 16.9 Å². The summed E-state index contributed by atoms with van der Waals surface area (Å²) in [6.45, 7) is 13.9. The van der Waals surface area contributed by atoms with Crippen LogP contribution in [-0.4, -0.2) is 13.1 Å². The summed E-state index contributed by atoms with van der Waals surface area (Å²) < 4.78 is 0. The first kappa shape index (κ1) is 14.0. The molecule has 0 spiro atoms. The summed E-state index contributed by atoms with van der Waals surface area (Å²) in [6.07, 6.45) is 3.85. The molecule has 1 nitrogen and oxygen atoms in total. The zero-order valence-electron chi connectivity index (χ0n) is 11.2. The predicted octanol–water partition coefficient (Wildman–Crippen LogP) is 3.84. The van der Waals surface area contributed by atoms with Gasteiger partial charge in [0.2, 0.25) is 0 Å². The molecule has 0 rings (SSSR count). The van der Waals surface area contributed by atoms with E-state index in [4.69, 9.17) is 0 Å². The highest BCUT2D eigenvalue weighted by Gasteiger charge is 2.19. The first-order valence-corrected chi connectivity index (χ1v) is 5.81. The van der Waals surface area contributed by atoms with Gasteiger partial charge in [0.1, 0.15) is 0 Å². The molecule has 0 aliphatic rings. The van der Waals surface area contributed by atoms with Gasteiger partial charge in [-0.25, -0.2) is 0 Å². The molecular formula is C13H29N. The largest absolute Gasteiger partial charge is 0.317 e. The zero-order valence-corrected chi connectivity index (χ0v) is 11.2. The lowest BCUT2D eigenvalue weighted by atomic mass is 9.83. The van der Waals surface area contributed by atoms with Crippen molar-refractivity contribution >= 4 is 0 Å². The molecule has 0 heterocycles. The maximum absolute atomic E-state index is 3.43. The molecule has 1 N–H and O–H groups in total. The van der Waals surface area contributed by atoms with Gasteiger partial charge in [-0.1, -0.05) is 41.5 Å². The lowest BCUT2D eigenvalue weighted by Gasteiger charge is -2.28. The van der Waals surface area contributed by atoms with Gasteiger partial charge in [-0.05, 0) is 37.1 Å². The van der Waals surface area contributed by atoms with E-state index >= 15 is 0 Å². The first-order valence-electron chi connectivity index (χ1n) is 5.81. The van der Waals surface area contributed by atoms with E-state index < -0.39 is 0 Å². The van der Waals surface area contributed by atoms with Gasteiger partial charge in [0, 0.05) is 6.04 Å². The minimum absolute atomic E-state index is 0.436. The highest BCUT2D eigenvalue weighted by molar-refractivity contribution is 4.75. The SMILES string of the molecule is CNC(CCC(C)(C)C)CC(C)(C)C. The molecule has 0 saturated carbocycles. The predicted molar refractivity (Wildman–Crippen MR) is 65.6 cm³/mol. The van der Waals surface area contributed by atoms with Gasteiger partial charge in [-0.2, -0.15) is 0 Å². The third kappa shape index (κ3) is 8.55. The molecule has 0 bridgehead atoms. The molecule has 0 aromatic heterocycles. The molecule has 0 aliphatic carbocycles. The van der Waals surface area contributed by atoms with Crippen LogP contribution < -0.4 is 5.32 Å². The number of rotatable bonds is 4. The Labute approximate surface area is 90.7 Å². The van der Waals surface area contributed by atoms with Gasteiger partial charge in [-0.15, -0.1) is 0 Å². The fourth-order valence-electron chi connectivity index (χ4n) is 1.69. The monoisotopic (exact) mass is 199 g/mol. The van der Waals surface area contributed by atoms with Gasteiger partial charge < -0.3 is 5.32 Å². The maximum Gasteiger partial charge on any atom is 0.00692 e. The first-order chi connectivity index (χ1) is 6.14. The number of nitrogens with one attached hydrogen (secondary N) is 1. The van der Waals surface area contributed by atoms with Crippen LogP contribution in [0.15, 0.2) is 0 Å². The van der Waals surface area contributed by atoms with Crippen LogP contribution in [0.3, 0.4) is 0 Å². The highest BCUT2D eigenvalue weighted by Crippen LogP contribution is 2.27. The lowest BCUT2D eigenvalue weighted by Crippen LogP contribution is -2.31. The van der Waals surface area contributed by atoms with Crippen molar-refractivity contribution in [3.8, 4) is 0 Å². The fraction of sp³-hybridized carbons (Fsp3) is 1.00. The Morgan fingerprint density at radius 3 is 1.71 bits per heavy atom. The number of hydrogen-bond donors (Lipinski definition) is 1. The topological polar surface area (TPSA) is 12.0 Å². The molecule has 1 heteroatoms. The smallest absolute Gasteiger partial charge is 0.00692 e. The van der Waals surface area contributed by atoms with Crippen molar-refractivity contribution in [3.63, 3.8) is 0 Å². The Balaban J connectivity index is 3.93. The van der Waals surface area contributed by atoms with E-state index in [1.165, 1.54) is 19.3 Å². The normalized spacial score (nSPS) is 15.6. The van der Waals surface area contributed by atoms with Crippen molar-refractivity contribution in [2.24, 2.45) is 10.8 Å². The standard InChI is InChI=1S/C13H29N/c1-12(2,3)9-8-11(14-7)10-13(4,5)6/h11,14H,8-10H2,1-7H3. The summed E-state index contributed by atoms with van der Waals surface area (Å²) in [7, 11) is 2.08. The summed E-state index contributed by atoms with van der Waals surface area (Å²) in [5.74, 6) is 0. The minimum atomic E-state index is 0.436. The quantitative estimate of drug-likeness (QED) is 0.725. The van der Waals surface area contributed by atoms with Gasteiger partial charge in [0.25, 0.3) is 0 Å². The Kier molecular flexibility index (Phi) is 5.14. The van der Waals surface area contributed by atoms with Gasteiger partial charge in [-0.3, -0.25) is 0 Å². The molecule has 0 aliphatic heterocycles. The summed E-state index contributed by atoms with van der Waals surface area (Å²) in [5.41, 5.74) is 0.901. The van der Waals surface area contributed by atoms with E-state index in [9.17, 15) is 0 Å². The molecule has 86 valence electrons. The molecule has 1 atom stereocenters. The van der Waals surface area contributed by atoms with E-state index in [2.05, 4.69) is 53.9 Å². The average Bonchev–Trinajstić information content (AvgIpc) is 1.94. The van der Waals surface area contributed by atoms with Crippen LogP contribution in [0, 0.1) is 10.8 Å². The summed E-state index contributed by atoms with van der Waals surface area (Å²) in [4.78, 5) is 0. The van der Waals surface area contributed by atoms with E-state index in [1.807, 2.05) is 0 Å². The minimum Gasteiger partial charge on any atom is -0.317 e. The molecular weight excluding hydrogens is 170 g/mol. The summed E-state index contributed by atoms with van der Waals surface area (Å²) >= 11 is 0. The van der Waals surface area contributed by atoms with Gasteiger partial charge >= 0.3 is 0 Å². The number of hydrogen-bond acceptors (Lipinski definition) is 1. The van der Waals surface area contributed by atoms with Crippen molar-refractivity contribution in [2.45, 2.75) is 66.8 Å². The molecule has 1 unspecified atom stereocenters. The van der Waals surface area contributed by atoms with Gasteiger partial charge in [0.05, 0.1) is 0 Å². The Morgan fingerprint density at radius 2 is 1.43 bits per heavy atom. The third-order valence-electron chi connectivity index (χ3n) is 2.51. The average molecular weight is 199 g/mol. The van der Waals surface area contributed by atoms with Crippen molar-refractivity contribution < 1.29 is 0 Å². The molecule has 0 amide bonds. The fourth-order valence-corrected chi connectivity index (χ4v) is 1.69. The molecule has 0 aromatic rings. The third-order valence-corrected chi connectivity index (χ3v) is 2.51. The van der Waals surface area contributed by atoms with E-state index in [0.717, 1.165) is 0 Å². The Bertz CT molecular complexity index is 148. The van der Waals surface area contributed by atoms with Gasteiger partial charge in [0.15, 0.2) is 0 Å². The Morgan fingerprint density at radius 1 is 0.929 bits per heavy atom. The second-order valence-corrected chi connectivity index (χ2v) is 6.85. The summed E-state index contributed by atoms with van der Waals surface area (Å²) in [6, 6.07) is 0.675. The summed E-state index contributed by atoms with van der Waals surface area (Å²) in [5, 5.41) is 3.43. The van der Waals surface area contributed by atoms with E-state index in [-0.39, 0.29) is 0 Å². The van der Waals surface area contributed by atoms with Crippen molar-refractivity contribution in [1.82, 2.24) is 5.32 Å². The molecule has 14 heavy (non-hydrogen) atoms. The molecule has 0 fully saturated rings. The van der Waals surface area contributed by atoms with E-state index in [1.54, 1.807) is 0 Å². The van der Waals surface area contributed by atoms with Crippen LogP contribution in [0.2, 0.25) is 0 Å². The molecule has 0 radical (unpaired) electrons. The van der Waals surface area contributed by atoms with Crippen LogP contribution in [0.4, 0.5) is 0 Å². The van der Waals surface area contributed by atoms with Crippen LogP contribution in [0.1, 0.15) is 60.8 Å². The van der Waals surface area contributed by atoms with Crippen LogP contribution in [0.5, 0.6) is 0 Å². The second kappa shape index (κ2) is 5.16. The van der Waals surface area contributed by atoms with Crippen LogP contribution in [0.25, 0.3) is 0 Å². The Hall–Kier alpha value is -0.0400. The second-order valence-electron chi connectivity index (χ2n) is 6.85.